The maximum Gasteiger partial charge on any atom is 0.418 e. The van der Waals surface area contributed by atoms with Crippen molar-refractivity contribution in [2.24, 2.45) is 4.99 Å². The molecule has 7 nitrogen and oxygen atoms in total. The fourth-order valence-corrected chi connectivity index (χ4v) is 2.96. The highest BCUT2D eigenvalue weighted by Crippen LogP contribution is 2.36. The highest BCUT2D eigenvalue weighted by atomic mass is 19.4. The quantitative estimate of drug-likeness (QED) is 0.233. The largest absolute Gasteiger partial charge is 0.418 e. The molecule has 3 N–H and O–H groups in total. The summed E-state index contributed by atoms with van der Waals surface area (Å²) in [6.45, 7) is 0. The summed E-state index contributed by atoms with van der Waals surface area (Å²) >= 11 is 0. The third-order valence-corrected chi connectivity index (χ3v) is 4.46. The zero-order valence-corrected chi connectivity index (χ0v) is 16.5. The summed E-state index contributed by atoms with van der Waals surface area (Å²) < 4.78 is 58.4. The van der Waals surface area contributed by atoms with Gasteiger partial charge >= 0.3 is 11.9 Å². The van der Waals surface area contributed by atoms with Crippen LogP contribution < -0.4 is 16.4 Å². The lowest BCUT2D eigenvalue weighted by molar-refractivity contribution is -0.137. The number of guanidine groups is 1. The number of aromatic nitrogens is 1. The molecule has 11 heteroatoms. The SMILES string of the molecule is O=C(NC(=Nc1ccccc1C(F)(F)F)Nc1ccc2[nH]c(=O)oc2c1)c1ccc(F)cc1. The number of amides is 1. The van der Waals surface area contributed by atoms with Gasteiger partial charge in [-0.2, -0.15) is 13.2 Å². The van der Waals surface area contributed by atoms with Crippen molar-refractivity contribution in [2.45, 2.75) is 6.18 Å². The van der Waals surface area contributed by atoms with Crippen molar-refractivity contribution in [3.63, 3.8) is 0 Å². The number of carbonyl (C=O) groups excluding carboxylic acids is 1. The van der Waals surface area contributed by atoms with Crippen LogP contribution in [0.15, 0.2) is 80.9 Å². The number of halogens is 4. The van der Waals surface area contributed by atoms with Crippen molar-refractivity contribution in [3.05, 3.63) is 94.2 Å². The molecule has 0 fully saturated rings. The van der Waals surface area contributed by atoms with Crippen LogP contribution in [0.2, 0.25) is 0 Å². The number of benzene rings is 3. The molecule has 33 heavy (non-hydrogen) atoms. The van der Waals surface area contributed by atoms with Crippen LogP contribution >= 0.6 is 0 Å². The first-order chi connectivity index (χ1) is 15.7. The van der Waals surface area contributed by atoms with Crippen molar-refractivity contribution in [3.8, 4) is 0 Å². The molecule has 168 valence electrons. The number of anilines is 1. The van der Waals surface area contributed by atoms with Crippen LogP contribution in [-0.4, -0.2) is 16.9 Å². The van der Waals surface area contributed by atoms with Crippen LogP contribution in [0, 0.1) is 5.82 Å². The Balaban J connectivity index is 1.72. The van der Waals surface area contributed by atoms with E-state index >= 15 is 0 Å². The highest BCUT2D eigenvalue weighted by Gasteiger charge is 2.33. The average Bonchev–Trinajstić information content (AvgIpc) is 3.13. The van der Waals surface area contributed by atoms with E-state index in [1.165, 1.54) is 42.5 Å². The van der Waals surface area contributed by atoms with E-state index in [9.17, 15) is 27.2 Å². The number of carbonyl (C=O) groups is 1. The Morgan fingerprint density at radius 3 is 2.45 bits per heavy atom. The molecule has 0 radical (unpaired) electrons. The number of nitrogens with one attached hydrogen (secondary N) is 3. The molecule has 0 spiro atoms. The summed E-state index contributed by atoms with van der Waals surface area (Å²) in [5.74, 6) is -2.31. The number of hydrogen-bond acceptors (Lipinski definition) is 4. The fourth-order valence-electron chi connectivity index (χ4n) is 2.96. The van der Waals surface area contributed by atoms with Gasteiger partial charge in [0.2, 0.25) is 5.96 Å². The second kappa shape index (κ2) is 8.61. The van der Waals surface area contributed by atoms with E-state index in [-0.39, 0.29) is 22.8 Å². The second-order valence-electron chi connectivity index (χ2n) is 6.79. The van der Waals surface area contributed by atoms with E-state index in [4.69, 9.17) is 4.42 Å². The van der Waals surface area contributed by atoms with Crippen molar-refractivity contribution in [2.75, 3.05) is 5.32 Å². The van der Waals surface area contributed by atoms with Gasteiger partial charge in [0.1, 0.15) is 5.82 Å². The number of hydrogen-bond donors (Lipinski definition) is 3. The van der Waals surface area contributed by atoms with Crippen LogP contribution in [0.1, 0.15) is 15.9 Å². The Kier molecular flexibility index (Phi) is 5.69. The van der Waals surface area contributed by atoms with Crippen LogP contribution in [0.25, 0.3) is 11.1 Å². The minimum Gasteiger partial charge on any atom is -0.408 e. The summed E-state index contributed by atoms with van der Waals surface area (Å²) in [5.41, 5.74) is -0.532. The molecular weight excluding hydrogens is 444 g/mol. The monoisotopic (exact) mass is 458 g/mol. The molecule has 0 saturated carbocycles. The van der Waals surface area contributed by atoms with Gasteiger partial charge < -0.3 is 9.73 Å². The molecule has 1 aromatic heterocycles. The Labute approximate surface area is 182 Å². The molecule has 0 unspecified atom stereocenters. The molecule has 0 atom stereocenters. The number of fused-ring (bicyclic) bond motifs is 1. The minimum atomic E-state index is -4.68. The number of oxazole rings is 1. The first kappa shape index (κ1) is 21.8. The zero-order chi connectivity index (χ0) is 23.6. The lowest BCUT2D eigenvalue weighted by atomic mass is 10.2. The van der Waals surface area contributed by atoms with Gasteiger partial charge in [-0.05, 0) is 48.5 Å². The predicted octanol–water partition coefficient (Wildman–Crippen LogP) is 4.81. The molecule has 0 bridgehead atoms. The topological polar surface area (TPSA) is 99.5 Å². The first-order valence-electron chi connectivity index (χ1n) is 9.41. The summed E-state index contributed by atoms with van der Waals surface area (Å²) in [6, 6.07) is 13.6. The normalized spacial score (nSPS) is 12.1. The van der Waals surface area contributed by atoms with Crippen LogP contribution in [0.3, 0.4) is 0 Å². The molecule has 4 aromatic rings. The molecule has 0 aliphatic carbocycles. The van der Waals surface area contributed by atoms with Gasteiger partial charge in [0.15, 0.2) is 5.58 Å². The van der Waals surface area contributed by atoms with E-state index in [0.717, 1.165) is 24.3 Å². The molecule has 0 aliphatic rings. The number of aromatic amines is 1. The Hall–Kier alpha value is -4.41. The number of aliphatic imine (C=N–C) groups is 1. The van der Waals surface area contributed by atoms with Crippen molar-refractivity contribution in [1.82, 2.24) is 10.3 Å². The number of H-pyrrole nitrogens is 1. The molecule has 4 rings (SSSR count). The third-order valence-electron chi connectivity index (χ3n) is 4.46. The molecule has 0 aliphatic heterocycles. The molecule has 3 aromatic carbocycles. The van der Waals surface area contributed by atoms with Gasteiger partial charge in [-0.1, -0.05) is 12.1 Å². The number of rotatable bonds is 3. The van der Waals surface area contributed by atoms with Crippen LogP contribution in [0.4, 0.5) is 28.9 Å². The van der Waals surface area contributed by atoms with Crippen molar-refractivity contribution >= 4 is 34.3 Å². The fraction of sp³-hybridized carbons (Fsp3) is 0.0455. The number of para-hydroxylation sites is 1. The summed E-state index contributed by atoms with van der Waals surface area (Å²) in [6.07, 6.45) is -4.68. The molecule has 0 saturated heterocycles. The smallest absolute Gasteiger partial charge is 0.408 e. The Morgan fingerprint density at radius 2 is 1.73 bits per heavy atom. The lowest BCUT2D eigenvalue weighted by Gasteiger charge is -2.14. The first-order valence-corrected chi connectivity index (χ1v) is 9.41. The van der Waals surface area contributed by atoms with Gasteiger partial charge in [-0.25, -0.2) is 14.2 Å². The van der Waals surface area contributed by atoms with E-state index in [0.29, 0.717) is 5.52 Å². The number of nitrogens with zero attached hydrogens (tertiary/aromatic N) is 1. The summed E-state index contributed by atoms with van der Waals surface area (Å²) in [7, 11) is 0. The van der Waals surface area contributed by atoms with Gasteiger partial charge in [0.05, 0.1) is 16.8 Å². The predicted molar refractivity (Wildman–Crippen MR) is 113 cm³/mol. The van der Waals surface area contributed by atoms with Gasteiger partial charge in [-0.3, -0.25) is 15.1 Å². The second-order valence-corrected chi connectivity index (χ2v) is 6.79. The summed E-state index contributed by atoms with van der Waals surface area (Å²) in [4.78, 5) is 30.4. The Bertz CT molecular complexity index is 1410. The van der Waals surface area contributed by atoms with Gasteiger partial charge in [0.25, 0.3) is 5.91 Å². The van der Waals surface area contributed by atoms with E-state index in [1.807, 2.05) is 0 Å². The standard InChI is InChI=1S/C22H14F4N4O3/c23-13-7-5-12(6-8-13)19(31)30-20(28-16-4-2-1-3-15(16)22(24,25)26)27-14-9-10-17-18(11-14)33-21(32)29-17/h1-11H,(H,29,32)(H2,27,28,30,31). The Morgan fingerprint density at radius 1 is 1.00 bits per heavy atom. The average molecular weight is 458 g/mol. The van der Waals surface area contributed by atoms with Crippen molar-refractivity contribution in [1.29, 1.82) is 0 Å². The molecule has 1 heterocycles. The van der Waals surface area contributed by atoms with Crippen LogP contribution in [0.5, 0.6) is 0 Å². The third kappa shape index (κ3) is 5.09. The van der Waals surface area contributed by atoms with Gasteiger partial charge in [-0.15, -0.1) is 0 Å². The maximum atomic E-state index is 13.4. The highest BCUT2D eigenvalue weighted by molar-refractivity contribution is 6.10. The van der Waals surface area contributed by atoms with Gasteiger partial charge in [0, 0.05) is 17.3 Å². The number of alkyl halides is 3. The van der Waals surface area contributed by atoms with Crippen LogP contribution in [-0.2, 0) is 6.18 Å². The van der Waals surface area contributed by atoms with E-state index in [1.54, 1.807) is 0 Å². The maximum absolute atomic E-state index is 13.4. The van der Waals surface area contributed by atoms with Crippen molar-refractivity contribution < 1.29 is 26.8 Å². The zero-order valence-electron chi connectivity index (χ0n) is 16.5. The van der Waals surface area contributed by atoms with E-state index < -0.39 is 34.9 Å². The summed E-state index contributed by atoms with van der Waals surface area (Å²) in [5, 5.41) is 5.11. The minimum absolute atomic E-state index is 0.0575. The lowest BCUT2D eigenvalue weighted by Crippen LogP contribution is -2.35. The van der Waals surface area contributed by atoms with E-state index in [2.05, 4.69) is 20.6 Å². The molecular formula is C22H14F4N4O3. The molecule has 1 amide bonds.